The van der Waals surface area contributed by atoms with Crippen molar-refractivity contribution in [2.45, 2.75) is 6.54 Å². The van der Waals surface area contributed by atoms with Gasteiger partial charge in [-0.25, -0.2) is 13.9 Å². The summed E-state index contributed by atoms with van der Waals surface area (Å²) in [6.45, 7) is 1.96. The van der Waals surface area contributed by atoms with E-state index in [4.69, 9.17) is 14.2 Å². The smallest absolute Gasteiger partial charge is 0.348 e. The summed E-state index contributed by atoms with van der Waals surface area (Å²) in [5, 5.41) is 0. The predicted octanol–water partition coefficient (Wildman–Crippen LogP) is -3.48. The third kappa shape index (κ3) is 7.41. The lowest BCUT2D eigenvalue weighted by molar-refractivity contribution is -0.671. The normalized spacial score (nSPS) is 9.89. The van der Waals surface area contributed by atoms with E-state index in [-0.39, 0.29) is 36.1 Å². The van der Waals surface area contributed by atoms with Crippen LogP contribution in [0, 0.1) is 0 Å². The summed E-state index contributed by atoms with van der Waals surface area (Å²) in [4.78, 5) is 11.4. The first kappa shape index (κ1) is 17.1. The Balaban J connectivity index is 0.00000289. The zero-order chi connectivity index (χ0) is 12.5. The van der Waals surface area contributed by atoms with Gasteiger partial charge in [0.1, 0.15) is 19.0 Å². The van der Waals surface area contributed by atoms with E-state index in [9.17, 15) is 4.79 Å². The minimum Gasteiger partial charge on any atom is -1.00 e. The highest BCUT2D eigenvalue weighted by Gasteiger charge is 2.08. The lowest BCUT2D eigenvalue weighted by Gasteiger charge is -2.04. The molecule has 0 aliphatic carbocycles. The van der Waals surface area contributed by atoms with Gasteiger partial charge < -0.3 is 31.2 Å². The van der Waals surface area contributed by atoms with E-state index in [1.54, 1.807) is 11.7 Å². The van der Waals surface area contributed by atoms with Gasteiger partial charge in [-0.3, -0.25) is 0 Å². The minimum absolute atomic E-state index is 0. The summed E-state index contributed by atoms with van der Waals surface area (Å²) >= 11 is 0. The molecule has 7 heteroatoms. The number of aryl methyl sites for hydroxylation is 1. The van der Waals surface area contributed by atoms with Crippen molar-refractivity contribution in [1.82, 2.24) is 4.57 Å². The molecule has 0 atom stereocenters. The molecule has 1 heterocycles. The Hall–Kier alpha value is -0.920. The Morgan fingerprint density at radius 2 is 2.00 bits per heavy atom. The van der Waals surface area contributed by atoms with Gasteiger partial charge in [0.05, 0.1) is 26.9 Å². The van der Waals surface area contributed by atoms with Crippen LogP contribution in [0.15, 0.2) is 18.7 Å². The van der Waals surface area contributed by atoms with Crippen molar-refractivity contribution in [2.75, 3.05) is 33.5 Å². The van der Waals surface area contributed by atoms with Crippen molar-refractivity contribution in [3.8, 4) is 0 Å². The molecule has 6 nitrogen and oxygen atoms in total. The number of carbonyl (C=O) groups is 1. The monoisotopic (exact) mass is 322 g/mol. The molecule has 0 amide bonds. The molecule has 0 spiro atoms. The van der Waals surface area contributed by atoms with Crippen molar-refractivity contribution in [3.05, 3.63) is 18.7 Å². The maximum absolute atomic E-state index is 11.4. The van der Waals surface area contributed by atoms with Crippen LogP contribution in [0.2, 0.25) is 0 Å². The molecule has 0 bridgehead atoms. The zero-order valence-electron chi connectivity index (χ0n) is 10.7. The number of ether oxygens (including phenoxy) is 3. The van der Waals surface area contributed by atoms with Crippen LogP contribution in [0.3, 0.4) is 0 Å². The SMILES string of the molecule is COCCOCCOC(=O)Cn1cc[n+](C)c1.[Br-]. The van der Waals surface area contributed by atoms with Crippen molar-refractivity contribution in [1.29, 1.82) is 0 Å². The topological polar surface area (TPSA) is 53.6 Å². The predicted molar refractivity (Wildman–Crippen MR) is 59.3 cm³/mol. The van der Waals surface area contributed by atoms with Crippen LogP contribution >= 0.6 is 0 Å². The van der Waals surface area contributed by atoms with Crippen LogP contribution in [0.1, 0.15) is 0 Å². The van der Waals surface area contributed by atoms with Gasteiger partial charge >= 0.3 is 5.97 Å². The van der Waals surface area contributed by atoms with Crippen LogP contribution in [-0.4, -0.2) is 44.1 Å². The highest BCUT2D eigenvalue weighted by atomic mass is 79.9. The summed E-state index contributed by atoms with van der Waals surface area (Å²) in [7, 11) is 3.51. The van der Waals surface area contributed by atoms with Crippen molar-refractivity contribution in [2.24, 2.45) is 7.05 Å². The molecule has 104 valence electrons. The van der Waals surface area contributed by atoms with E-state index in [1.807, 2.05) is 30.3 Å². The van der Waals surface area contributed by atoms with E-state index in [2.05, 4.69) is 0 Å². The summed E-state index contributed by atoms with van der Waals surface area (Å²) in [6.07, 6.45) is 5.49. The van der Waals surface area contributed by atoms with Crippen LogP contribution in [0.5, 0.6) is 0 Å². The van der Waals surface area contributed by atoms with Crippen molar-refractivity contribution >= 4 is 5.97 Å². The second kappa shape index (κ2) is 10.0. The lowest BCUT2D eigenvalue weighted by Crippen LogP contribution is -3.00. The largest absolute Gasteiger partial charge is 1.00 e. The van der Waals surface area contributed by atoms with E-state index in [0.29, 0.717) is 19.8 Å². The standard InChI is InChI=1S/C11H19N2O4.BrH/c1-12-3-4-13(10-12)9-11(14)17-8-7-16-6-5-15-2;/h3-4,10H,5-9H2,1-2H3;1H/q+1;/p-1. The lowest BCUT2D eigenvalue weighted by atomic mass is 10.6. The first-order valence-electron chi connectivity index (χ1n) is 5.45. The average Bonchev–Trinajstić information content (AvgIpc) is 2.69. The minimum atomic E-state index is -0.267. The summed E-state index contributed by atoms with van der Waals surface area (Å²) < 4.78 is 18.6. The van der Waals surface area contributed by atoms with E-state index < -0.39 is 0 Å². The zero-order valence-corrected chi connectivity index (χ0v) is 12.3. The Morgan fingerprint density at radius 3 is 2.61 bits per heavy atom. The number of halogens is 1. The maximum atomic E-state index is 11.4. The van der Waals surface area contributed by atoms with Crippen LogP contribution in [-0.2, 0) is 32.6 Å². The number of carbonyl (C=O) groups excluding carboxylic acids is 1. The fourth-order valence-corrected chi connectivity index (χ4v) is 1.25. The number of hydrogen-bond acceptors (Lipinski definition) is 4. The third-order valence-electron chi connectivity index (χ3n) is 2.06. The van der Waals surface area contributed by atoms with Crippen LogP contribution in [0.25, 0.3) is 0 Å². The molecule has 0 N–H and O–H groups in total. The molecule has 0 aliphatic heterocycles. The van der Waals surface area contributed by atoms with Gasteiger partial charge in [0.15, 0.2) is 6.54 Å². The van der Waals surface area contributed by atoms with Gasteiger partial charge in [-0.15, -0.1) is 0 Å². The molecule has 0 fully saturated rings. The highest BCUT2D eigenvalue weighted by Crippen LogP contribution is 1.88. The molecule has 1 rings (SSSR count). The highest BCUT2D eigenvalue weighted by molar-refractivity contribution is 5.69. The quantitative estimate of drug-likeness (QED) is 0.283. The Bertz CT molecular complexity index is 344. The molecule has 0 saturated heterocycles. The Labute approximate surface area is 117 Å². The van der Waals surface area contributed by atoms with Gasteiger partial charge in [-0.1, -0.05) is 0 Å². The fourth-order valence-electron chi connectivity index (χ4n) is 1.25. The van der Waals surface area contributed by atoms with Crippen LogP contribution < -0.4 is 21.5 Å². The molecule has 0 saturated carbocycles. The first-order chi connectivity index (χ1) is 8.22. The van der Waals surface area contributed by atoms with Gasteiger partial charge in [0.2, 0.25) is 6.33 Å². The molecule has 0 unspecified atom stereocenters. The number of esters is 1. The van der Waals surface area contributed by atoms with Gasteiger partial charge in [-0.05, 0) is 0 Å². The van der Waals surface area contributed by atoms with Crippen LogP contribution in [0.4, 0.5) is 0 Å². The number of hydrogen-bond donors (Lipinski definition) is 0. The molecule has 1 aromatic heterocycles. The molecule has 18 heavy (non-hydrogen) atoms. The van der Waals surface area contributed by atoms with E-state index >= 15 is 0 Å². The molecule has 0 aliphatic rings. The number of rotatable bonds is 8. The first-order valence-corrected chi connectivity index (χ1v) is 5.45. The number of aromatic nitrogens is 2. The average molecular weight is 323 g/mol. The van der Waals surface area contributed by atoms with Gasteiger partial charge in [0, 0.05) is 7.11 Å². The van der Waals surface area contributed by atoms with Gasteiger partial charge in [-0.2, -0.15) is 0 Å². The summed E-state index contributed by atoms with van der Waals surface area (Å²) in [5.74, 6) is -0.267. The fraction of sp³-hybridized carbons (Fsp3) is 0.636. The second-order valence-corrected chi connectivity index (χ2v) is 3.58. The maximum Gasteiger partial charge on any atom is 0.348 e. The number of imidazole rings is 1. The van der Waals surface area contributed by atoms with E-state index in [1.165, 1.54) is 0 Å². The number of methoxy groups -OCH3 is 1. The summed E-state index contributed by atoms with van der Waals surface area (Å²) in [5.41, 5.74) is 0. The van der Waals surface area contributed by atoms with E-state index in [0.717, 1.165) is 0 Å². The van der Waals surface area contributed by atoms with Crippen molar-refractivity contribution < 1.29 is 40.6 Å². The van der Waals surface area contributed by atoms with Gasteiger partial charge in [0.25, 0.3) is 0 Å². The molecule has 0 radical (unpaired) electrons. The Kier molecular flexibility index (Phi) is 9.53. The Morgan fingerprint density at radius 1 is 1.28 bits per heavy atom. The molecule has 0 aromatic carbocycles. The number of nitrogens with zero attached hydrogens (tertiary/aromatic N) is 2. The third-order valence-corrected chi connectivity index (χ3v) is 2.06. The molecular formula is C11H19BrN2O4. The molecule has 1 aromatic rings. The van der Waals surface area contributed by atoms with Crippen molar-refractivity contribution in [3.63, 3.8) is 0 Å². The summed E-state index contributed by atoms with van der Waals surface area (Å²) in [6, 6.07) is 0. The second-order valence-electron chi connectivity index (χ2n) is 3.58. The molecular weight excluding hydrogens is 304 g/mol.